The molecule has 2 heterocycles. The number of nitrogens with one attached hydrogen (secondary N) is 1. The Kier molecular flexibility index (Phi) is 7.25. The van der Waals surface area contributed by atoms with E-state index in [0.29, 0.717) is 17.2 Å². The number of anilines is 1. The average Bonchev–Trinajstić information content (AvgIpc) is 2.77. The molecular formula is C23H28FN5O4. The molecule has 9 nitrogen and oxygen atoms in total. The minimum absolute atomic E-state index is 0.00270. The summed E-state index contributed by atoms with van der Waals surface area (Å²) in [7, 11) is 1.25. The Morgan fingerprint density at radius 1 is 1.21 bits per heavy atom. The smallest absolute Gasteiger partial charge is 0.342 e. The van der Waals surface area contributed by atoms with Crippen LogP contribution in [0.2, 0.25) is 0 Å². The number of aryl methyl sites for hydroxylation is 1. The molecule has 1 fully saturated rings. The zero-order valence-corrected chi connectivity index (χ0v) is 19.4. The summed E-state index contributed by atoms with van der Waals surface area (Å²) in [5, 5.41) is 2.68. The molecule has 1 atom stereocenters. The van der Waals surface area contributed by atoms with Gasteiger partial charge in [-0.3, -0.25) is 4.79 Å². The van der Waals surface area contributed by atoms with Crippen molar-refractivity contribution in [3.63, 3.8) is 0 Å². The second-order valence-electron chi connectivity index (χ2n) is 8.26. The number of hydrogen-bond donors (Lipinski definition) is 1. The molecule has 1 unspecified atom stereocenters. The lowest BCUT2D eigenvalue weighted by molar-refractivity contribution is 0.0550. The highest BCUT2D eigenvalue weighted by Gasteiger charge is 2.34. The number of aromatic nitrogens is 2. The number of methoxy groups -OCH3 is 1. The molecule has 3 rings (SSSR count). The Morgan fingerprint density at radius 2 is 1.94 bits per heavy atom. The van der Waals surface area contributed by atoms with Crippen molar-refractivity contribution in [2.45, 2.75) is 39.7 Å². The van der Waals surface area contributed by atoms with Crippen LogP contribution in [0.3, 0.4) is 0 Å². The third-order valence-corrected chi connectivity index (χ3v) is 5.44. The first-order valence-corrected chi connectivity index (χ1v) is 10.7. The Bertz CT molecular complexity index is 1070. The molecule has 33 heavy (non-hydrogen) atoms. The van der Waals surface area contributed by atoms with Gasteiger partial charge >= 0.3 is 12.0 Å². The Labute approximate surface area is 191 Å². The van der Waals surface area contributed by atoms with Crippen LogP contribution >= 0.6 is 0 Å². The number of rotatable bonds is 4. The molecule has 1 aliphatic heterocycles. The molecule has 176 valence electrons. The van der Waals surface area contributed by atoms with Gasteiger partial charge in [0.25, 0.3) is 5.91 Å². The quantitative estimate of drug-likeness (QED) is 0.707. The van der Waals surface area contributed by atoms with Crippen LogP contribution in [0, 0.1) is 12.7 Å². The molecule has 0 saturated carbocycles. The van der Waals surface area contributed by atoms with Crippen LogP contribution in [0.5, 0.6) is 0 Å². The van der Waals surface area contributed by atoms with Crippen LogP contribution in [0.25, 0.3) is 0 Å². The molecule has 0 bridgehead atoms. The molecule has 0 spiro atoms. The van der Waals surface area contributed by atoms with E-state index < -0.39 is 17.7 Å². The number of benzene rings is 1. The van der Waals surface area contributed by atoms with Gasteiger partial charge in [-0.05, 0) is 38.0 Å². The monoisotopic (exact) mass is 457 g/mol. The maximum absolute atomic E-state index is 13.4. The van der Waals surface area contributed by atoms with Crippen molar-refractivity contribution in [2.24, 2.45) is 0 Å². The number of hydrogen-bond acceptors (Lipinski definition) is 6. The highest BCUT2D eigenvalue weighted by atomic mass is 19.1. The van der Waals surface area contributed by atoms with Gasteiger partial charge in [-0.25, -0.2) is 23.9 Å². The number of piperazine rings is 1. The summed E-state index contributed by atoms with van der Waals surface area (Å²) in [4.78, 5) is 50.4. The average molecular weight is 458 g/mol. The number of esters is 1. The van der Waals surface area contributed by atoms with E-state index in [4.69, 9.17) is 4.74 Å². The summed E-state index contributed by atoms with van der Waals surface area (Å²) in [6, 6.07) is 4.95. The van der Waals surface area contributed by atoms with Crippen LogP contribution < -0.4 is 5.32 Å². The van der Waals surface area contributed by atoms with Crippen molar-refractivity contribution in [1.82, 2.24) is 19.8 Å². The van der Waals surface area contributed by atoms with Crippen molar-refractivity contribution in [3.8, 4) is 0 Å². The summed E-state index contributed by atoms with van der Waals surface area (Å²) < 4.78 is 18.3. The van der Waals surface area contributed by atoms with Crippen molar-refractivity contribution in [2.75, 3.05) is 32.1 Å². The highest BCUT2D eigenvalue weighted by Crippen LogP contribution is 2.23. The summed E-state index contributed by atoms with van der Waals surface area (Å²) in [6.45, 7) is 8.00. The molecule has 0 radical (unpaired) electrons. The molecule has 3 amide bonds. The van der Waals surface area contributed by atoms with Crippen molar-refractivity contribution in [1.29, 1.82) is 0 Å². The number of urea groups is 1. The van der Waals surface area contributed by atoms with Gasteiger partial charge in [-0.2, -0.15) is 0 Å². The fourth-order valence-corrected chi connectivity index (χ4v) is 3.83. The highest BCUT2D eigenvalue weighted by molar-refractivity contribution is 6.04. The van der Waals surface area contributed by atoms with Gasteiger partial charge in [0.15, 0.2) is 0 Å². The second-order valence-corrected chi connectivity index (χ2v) is 8.26. The van der Waals surface area contributed by atoms with Gasteiger partial charge in [0.1, 0.15) is 22.9 Å². The van der Waals surface area contributed by atoms with E-state index in [-0.39, 0.29) is 48.9 Å². The van der Waals surface area contributed by atoms with E-state index in [0.717, 1.165) is 0 Å². The van der Waals surface area contributed by atoms with E-state index in [9.17, 15) is 18.8 Å². The van der Waals surface area contributed by atoms with E-state index in [1.165, 1.54) is 25.3 Å². The molecule has 1 saturated heterocycles. The molecule has 2 aromatic rings. The fraction of sp³-hybridized carbons (Fsp3) is 0.435. The van der Waals surface area contributed by atoms with Crippen LogP contribution in [0.1, 0.15) is 59.1 Å². The van der Waals surface area contributed by atoms with Crippen molar-refractivity contribution < 1.29 is 23.5 Å². The third-order valence-electron chi connectivity index (χ3n) is 5.44. The number of carbonyl (C=O) groups is 3. The Hall–Kier alpha value is -3.56. The fourth-order valence-electron chi connectivity index (χ4n) is 3.83. The molecule has 1 aromatic heterocycles. The Morgan fingerprint density at radius 3 is 2.55 bits per heavy atom. The lowest BCUT2D eigenvalue weighted by Gasteiger charge is -2.39. The van der Waals surface area contributed by atoms with Crippen LogP contribution in [0.4, 0.5) is 14.9 Å². The van der Waals surface area contributed by atoms with Crippen molar-refractivity contribution in [3.05, 3.63) is 52.9 Å². The molecule has 1 N–H and O–H groups in total. The topological polar surface area (TPSA) is 105 Å². The minimum Gasteiger partial charge on any atom is -0.465 e. The van der Waals surface area contributed by atoms with Gasteiger partial charge in [0.05, 0.1) is 12.8 Å². The summed E-state index contributed by atoms with van der Waals surface area (Å²) in [5.74, 6) is -1.26. The summed E-state index contributed by atoms with van der Waals surface area (Å²) in [5.41, 5.74) is 0.884. The van der Waals surface area contributed by atoms with E-state index >= 15 is 0 Å². The molecular weight excluding hydrogens is 429 g/mol. The van der Waals surface area contributed by atoms with Gasteiger partial charge < -0.3 is 19.9 Å². The maximum atomic E-state index is 13.4. The summed E-state index contributed by atoms with van der Waals surface area (Å²) in [6.07, 6.45) is 0. The standard InChI is InChI=1S/C23H28FN5O4/c1-13(2)19-18(22(31)33-5)20(26-15(4)25-19)21(30)28-9-10-29(14(3)12-28)23(32)27-17-8-6-7-16(24)11-17/h6-8,11,13-14H,9-10,12H2,1-5H3,(H,27,32). The van der Waals surface area contributed by atoms with Crippen LogP contribution in [0.15, 0.2) is 24.3 Å². The number of ether oxygens (including phenoxy) is 1. The lowest BCUT2D eigenvalue weighted by atomic mass is 10.0. The van der Waals surface area contributed by atoms with Crippen LogP contribution in [-0.2, 0) is 4.74 Å². The van der Waals surface area contributed by atoms with E-state index in [1.54, 1.807) is 22.8 Å². The van der Waals surface area contributed by atoms with Gasteiger partial charge in [0.2, 0.25) is 0 Å². The predicted octanol–water partition coefficient (Wildman–Crippen LogP) is 3.21. The number of halogens is 1. The zero-order chi connectivity index (χ0) is 24.3. The first kappa shape index (κ1) is 24.1. The largest absolute Gasteiger partial charge is 0.465 e. The number of nitrogens with zero attached hydrogens (tertiary/aromatic N) is 4. The summed E-state index contributed by atoms with van der Waals surface area (Å²) >= 11 is 0. The first-order valence-electron chi connectivity index (χ1n) is 10.7. The normalized spacial score (nSPS) is 16.0. The van der Waals surface area contributed by atoms with Gasteiger partial charge in [-0.1, -0.05) is 19.9 Å². The SMILES string of the molecule is COC(=O)c1c(C(=O)N2CCN(C(=O)Nc3cccc(F)c3)C(C)C2)nc(C)nc1C(C)C. The van der Waals surface area contributed by atoms with Crippen LogP contribution in [-0.4, -0.2) is 70.5 Å². The Balaban J connectivity index is 1.79. The minimum atomic E-state index is -0.664. The van der Waals surface area contributed by atoms with Gasteiger partial charge in [0, 0.05) is 31.4 Å². The zero-order valence-electron chi connectivity index (χ0n) is 19.4. The molecule has 1 aliphatic rings. The second kappa shape index (κ2) is 9.93. The first-order chi connectivity index (χ1) is 15.6. The van der Waals surface area contributed by atoms with Gasteiger partial charge in [-0.15, -0.1) is 0 Å². The van der Waals surface area contributed by atoms with E-state index in [1.807, 2.05) is 20.8 Å². The van der Waals surface area contributed by atoms with E-state index in [2.05, 4.69) is 15.3 Å². The lowest BCUT2D eigenvalue weighted by Crippen LogP contribution is -2.56. The van der Waals surface area contributed by atoms with Crippen molar-refractivity contribution >= 4 is 23.6 Å². The maximum Gasteiger partial charge on any atom is 0.342 e. The number of carbonyl (C=O) groups excluding carboxylic acids is 3. The third kappa shape index (κ3) is 5.27. The number of amides is 3. The molecule has 1 aromatic carbocycles. The molecule has 0 aliphatic carbocycles. The molecule has 10 heteroatoms. The predicted molar refractivity (Wildman–Crippen MR) is 120 cm³/mol.